The molecule has 0 aliphatic heterocycles. The number of nitrogens with zero attached hydrogens (tertiary/aromatic N) is 3. The number of carboxylic acids is 1. The van der Waals surface area contributed by atoms with Crippen LogP contribution in [0.3, 0.4) is 0 Å². The zero-order chi connectivity index (χ0) is 18.8. The highest BCUT2D eigenvalue weighted by atomic mass is 19.4. The zero-order valence-electron chi connectivity index (χ0n) is 13.5. The van der Waals surface area contributed by atoms with Crippen molar-refractivity contribution < 1.29 is 27.9 Å². The van der Waals surface area contributed by atoms with Crippen LogP contribution in [0.2, 0.25) is 0 Å². The van der Waals surface area contributed by atoms with Crippen molar-refractivity contribution in [1.29, 1.82) is 0 Å². The number of aliphatic carboxylic acids is 1. The van der Waals surface area contributed by atoms with Crippen LogP contribution in [0.15, 0.2) is 36.5 Å². The van der Waals surface area contributed by atoms with Crippen molar-refractivity contribution in [3.8, 4) is 5.69 Å². The minimum Gasteiger partial charge on any atom is -0.480 e. The van der Waals surface area contributed by atoms with E-state index in [9.17, 15) is 22.8 Å². The Labute approximate surface area is 141 Å². The smallest absolute Gasteiger partial charge is 0.416 e. The van der Waals surface area contributed by atoms with Crippen LogP contribution in [0.25, 0.3) is 5.69 Å². The van der Waals surface area contributed by atoms with Crippen molar-refractivity contribution in [3.05, 3.63) is 47.8 Å². The molecular weight excluding hydrogens is 339 g/mol. The Morgan fingerprint density at radius 1 is 1.28 bits per heavy atom. The summed E-state index contributed by atoms with van der Waals surface area (Å²) in [6, 6.07) is 5.48. The normalized spacial score (nSPS) is 11.6. The van der Waals surface area contributed by atoms with Gasteiger partial charge < -0.3 is 10.0 Å². The van der Waals surface area contributed by atoms with Crippen molar-refractivity contribution in [3.63, 3.8) is 0 Å². The fourth-order valence-corrected chi connectivity index (χ4v) is 2.19. The molecule has 1 heterocycles. The van der Waals surface area contributed by atoms with Crippen molar-refractivity contribution in [2.24, 2.45) is 0 Å². The number of alkyl halides is 3. The Morgan fingerprint density at radius 3 is 2.52 bits per heavy atom. The van der Waals surface area contributed by atoms with Crippen LogP contribution in [0, 0.1) is 0 Å². The molecule has 0 atom stereocenters. The van der Waals surface area contributed by atoms with Gasteiger partial charge in [0, 0.05) is 12.2 Å². The first kappa shape index (κ1) is 18.5. The van der Waals surface area contributed by atoms with Crippen molar-refractivity contribution in [2.75, 3.05) is 6.54 Å². The van der Waals surface area contributed by atoms with E-state index in [0.29, 0.717) is 0 Å². The Kier molecular flexibility index (Phi) is 5.15. The quantitative estimate of drug-likeness (QED) is 0.895. The summed E-state index contributed by atoms with van der Waals surface area (Å²) in [5, 5.41) is 12.9. The molecule has 2 aromatic rings. The van der Waals surface area contributed by atoms with E-state index in [1.165, 1.54) is 24.4 Å². The van der Waals surface area contributed by atoms with E-state index in [1.54, 1.807) is 13.8 Å². The van der Waals surface area contributed by atoms with E-state index >= 15 is 0 Å². The molecule has 2 rings (SSSR count). The summed E-state index contributed by atoms with van der Waals surface area (Å²) in [5.74, 6) is -1.78. The van der Waals surface area contributed by atoms with Crippen LogP contribution in [0.4, 0.5) is 13.2 Å². The maximum atomic E-state index is 12.8. The topological polar surface area (TPSA) is 75.4 Å². The van der Waals surface area contributed by atoms with Gasteiger partial charge in [-0.2, -0.15) is 18.3 Å². The van der Waals surface area contributed by atoms with E-state index in [1.807, 2.05) is 0 Å². The lowest BCUT2D eigenvalue weighted by Gasteiger charge is -2.23. The van der Waals surface area contributed by atoms with Crippen LogP contribution < -0.4 is 0 Å². The summed E-state index contributed by atoms with van der Waals surface area (Å²) in [6.45, 7) is 2.82. The van der Waals surface area contributed by atoms with Gasteiger partial charge >= 0.3 is 12.1 Å². The van der Waals surface area contributed by atoms with Gasteiger partial charge in [-0.1, -0.05) is 6.07 Å². The van der Waals surface area contributed by atoms with Crippen LogP contribution in [-0.2, 0) is 11.0 Å². The summed E-state index contributed by atoms with van der Waals surface area (Å²) in [4.78, 5) is 24.4. The van der Waals surface area contributed by atoms with E-state index in [2.05, 4.69) is 5.10 Å². The van der Waals surface area contributed by atoms with Crippen molar-refractivity contribution in [1.82, 2.24) is 14.7 Å². The molecule has 25 heavy (non-hydrogen) atoms. The average molecular weight is 355 g/mol. The molecule has 0 unspecified atom stereocenters. The molecule has 0 saturated heterocycles. The Bertz CT molecular complexity index is 784. The second kappa shape index (κ2) is 6.96. The predicted octanol–water partition coefficient (Wildman–Crippen LogP) is 2.83. The molecule has 0 saturated carbocycles. The number of carbonyl (C=O) groups is 2. The molecule has 0 aliphatic rings. The van der Waals surface area contributed by atoms with Gasteiger partial charge in [0.15, 0.2) is 5.69 Å². The van der Waals surface area contributed by atoms with Gasteiger partial charge in [-0.05, 0) is 38.1 Å². The van der Waals surface area contributed by atoms with Crippen LogP contribution in [0.5, 0.6) is 0 Å². The van der Waals surface area contributed by atoms with Gasteiger partial charge in [-0.25, -0.2) is 4.68 Å². The number of amides is 1. The SMILES string of the molecule is CC(C)N(CC(=O)O)C(=O)c1ccn(-c2cccc(C(F)(F)F)c2)n1. The highest BCUT2D eigenvalue weighted by molar-refractivity contribution is 5.94. The molecule has 0 fully saturated rings. The summed E-state index contributed by atoms with van der Waals surface area (Å²) < 4.78 is 39.5. The molecule has 1 amide bonds. The molecule has 0 radical (unpaired) electrons. The van der Waals surface area contributed by atoms with E-state index in [-0.39, 0.29) is 17.4 Å². The van der Waals surface area contributed by atoms with Gasteiger partial charge in [0.1, 0.15) is 6.54 Å². The number of carboxylic acid groups (broad SMARTS) is 1. The second-order valence-corrected chi connectivity index (χ2v) is 5.61. The highest BCUT2D eigenvalue weighted by Crippen LogP contribution is 2.30. The number of benzene rings is 1. The largest absolute Gasteiger partial charge is 0.480 e. The molecule has 0 bridgehead atoms. The third-order valence-electron chi connectivity index (χ3n) is 3.44. The third-order valence-corrected chi connectivity index (χ3v) is 3.44. The Hall–Kier alpha value is -2.84. The van der Waals surface area contributed by atoms with Crippen molar-refractivity contribution in [2.45, 2.75) is 26.1 Å². The number of rotatable bonds is 5. The predicted molar refractivity (Wildman–Crippen MR) is 82.4 cm³/mol. The molecule has 1 aromatic carbocycles. The van der Waals surface area contributed by atoms with Gasteiger partial charge in [0.2, 0.25) is 0 Å². The Morgan fingerprint density at radius 2 is 1.96 bits per heavy atom. The lowest BCUT2D eigenvalue weighted by atomic mass is 10.2. The van der Waals surface area contributed by atoms with E-state index < -0.39 is 30.2 Å². The highest BCUT2D eigenvalue weighted by Gasteiger charge is 2.30. The molecule has 1 aromatic heterocycles. The lowest BCUT2D eigenvalue weighted by molar-refractivity contribution is -0.138. The lowest BCUT2D eigenvalue weighted by Crippen LogP contribution is -2.40. The molecule has 9 heteroatoms. The zero-order valence-corrected chi connectivity index (χ0v) is 13.5. The van der Waals surface area contributed by atoms with Gasteiger partial charge in [0.05, 0.1) is 11.3 Å². The molecular formula is C16H16F3N3O3. The van der Waals surface area contributed by atoms with Gasteiger partial charge in [0.25, 0.3) is 5.91 Å². The first-order valence-corrected chi connectivity index (χ1v) is 7.35. The maximum Gasteiger partial charge on any atom is 0.416 e. The fraction of sp³-hybridized carbons (Fsp3) is 0.312. The monoisotopic (exact) mass is 355 g/mol. The summed E-state index contributed by atoms with van der Waals surface area (Å²) in [6.07, 6.45) is -3.14. The number of hydrogen-bond acceptors (Lipinski definition) is 3. The van der Waals surface area contributed by atoms with E-state index in [4.69, 9.17) is 5.11 Å². The third kappa shape index (κ3) is 4.37. The van der Waals surface area contributed by atoms with Crippen LogP contribution in [0.1, 0.15) is 29.9 Å². The molecule has 0 spiro atoms. The van der Waals surface area contributed by atoms with E-state index in [0.717, 1.165) is 21.7 Å². The Balaban J connectivity index is 2.30. The molecule has 6 nitrogen and oxygen atoms in total. The summed E-state index contributed by atoms with van der Waals surface area (Å²) >= 11 is 0. The minimum atomic E-state index is -4.49. The average Bonchev–Trinajstić information content (AvgIpc) is 3.01. The van der Waals surface area contributed by atoms with Gasteiger partial charge in [-0.15, -0.1) is 0 Å². The second-order valence-electron chi connectivity index (χ2n) is 5.61. The molecule has 1 N–H and O–H groups in total. The standard InChI is InChI=1S/C16H16F3N3O3/c1-10(2)21(9-14(23)24)15(25)13-6-7-22(20-13)12-5-3-4-11(8-12)16(17,18)19/h3-8,10H,9H2,1-2H3,(H,23,24). The van der Waals surface area contributed by atoms with Crippen molar-refractivity contribution >= 4 is 11.9 Å². The first-order chi connectivity index (χ1) is 11.6. The number of aromatic nitrogens is 2. The molecule has 0 aliphatic carbocycles. The van der Waals surface area contributed by atoms with Crippen LogP contribution >= 0.6 is 0 Å². The number of hydrogen-bond donors (Lipinski definition) is 1. The summed E-state index contributed by atoms with van der Waals surface area (Å²) in [5.41, 5.74) is -0.737. The number of carbonyl (C=O) groups excluding carboxylic acids is 1. The first-order valence-electron chi connectivity index (χ1n) is 7.35. The number of halogens is 3. The maximum absolute atomic E-state index is 12.8. The minimum absolute atomic E-state index is 0.0487. The van der Waals surface area contributed by atoms with Gasteiger partial charge in [-0.3, -0.25) is 9.59 Å². The van der Waals surface area contributed by atoms with Crippen LogP contribution in [-0.4, -0.2) is 44.3 Å². The summed E-state index contributed by atoms with van der Waals surface area (Å²) in [7, 11) is 0. The molecule has 134 valence electrons. The fourth-order valence-electron chi connectivity index (χ4n) is 2.19.